The summed E-state index contributed by atoms with van der Waals surface area (Å²) in [5.74, 6) is -2.78. The van der Waals surface area contributed by atoms with Crippen LogP contribution in [0.25, 0.3) is 0 Å². The molecule has 0 unspecified atom stereocenters. The van der Waals surface area contributed by atoms with E-state index in [0.29, 0.717) is 38.6 Å². The number of allylic oxidation sites excluding steroid dienone is 1. The van der Waals surface area contributed by atoms with Crippen molar-refractivity contribution < 1.29 is 33.8 Å². The van der Waals surface area contributed by atoms with Crippen LogP contribution < -0.4 is 5.32 Å². The molecular weight excluding hydrogens is 550 g/mol. The molecule has 1 aliphatic carbocycles. The first-order valence-corrected chi connectivity index (χ1v) is 16.2. The van der Waals surface area contributed by atoms with Crippen LogP contribution in [0.2, 0.25) is 0 Å². The highest BCUT2D eigenvalue weighted by molar-refractivity contribution is 5.98. The SMILES string of the molecule is C=CCCC(=O)NC[C@H](C)OC(=O)[C@@H]1[C@@H]2CC[C@]3(O2)[C@H](C(=O)N(CC=C)C2CCCCC2)N([C@@H](CO)CC(C)C)C(=O)[C@@H]13. The van der Waals surface area contributed by atoms with Crippen LogP contribution in [0.3, 0.4) is 0 Å². The number of carbonyl (C=O) groups is 4. The maximum absolute atomic E-state index is 14.7. The number of fused-ring (bicyclic) bond motifs is 1. The Morgan fingerprint density at radius 3 is 2.51 bits per heavy atom. The molecule has 0 aromatic rings. The Morgan fingerprint density at radius 2 is 1.88 bits per heavy atom. The number of esters is 1. The van der Waals surface area contributed by atoms with Gasteiger partial charge in [0, 0.05) is 19.0 Å². The molecule has 0 radical (unpaired) electrons. The van der Waals surface area contributed by atoms with Gasteiger partial charge in [-0.2, -0.15) is 0 Å². The van der Waals surface area contributed by atoms with Crippen LogP contribution in [0.5, 0.6) is 0 Å². The molecule has 0 aromatic heterocycles. The summed E-state index contributed by atoms with van der Waals surface area (Å²) in [5, 5.41) is 13.3. The van der Waals surface area contributed by atoms with Crippen LogP contribution in [0.1, 0.15) is 85.0 Å². The number of ether oxygens (including phenoxy) is 2. The van der Waals surface area contributed by atoms with E-state index in [9.17, 15) is 24.3 Å². The van der Waals surface area contributed by atoms with E-state index in [1.165, 1.54) is 0 Å². The molecule has 7 atom stereocenters. The second kappa shape index (κ2) is 14.4. The van der Waals surface area contributed by atoms with Crippen molar-refractivity contribution in [2.75, 3.05) is 19.7 Å². The quantitative estimate of drug-likeness (QED) is 0.218. The van der Waals surface area contributed by atoms with Crippen LogP contribution in [0, 0.1) is 17.8 Å². The van der Waals surface area contributed by atoms with E-state index in [-0.39, 0.29) is 42.8 Å². The normalized spacial score (nSPS) is 29.7. The zero-order valence-electron chi connectivity index (χ0n) is 26.2. The molecule has 1 saturated carbocycles. The maximum atomic E-state index is 14.7. The number of hydrogen-bond acceptors (Lipinski definition) is 7. The van der Waals surface area contributed by atoms with Crippen LogP contribution in [0.4, 0.5) is 0 Å². The molecule has 10 nitrogen and oxygen atoms in total. The molecule has 43 heavy (non-hydrogen) atoms. The largest absolute Gasteiger partial charge is 0.460 e. The van der Waals surface area contributed by atoms with Gasteiger partial charge in [0.1, 0.15) is 17.7 Å². The molecule has 4 aliphatic rings. The molecule has 0 aromatic carbocycles. The van der Waals surface area contributed by atoms with Gasteiger partial charge in [0.05, 0.1) is 37.1 Å². The van der Waals surface area contributed by atoms with Crippen molar-refractivity contribution in [3.8, 4) is 0 Å². The summed E-state index contributed by atoms with van der Waals surface area (Å²) in [7, 11) is 0. The summed E-state index contributed by atoms with van der Waals surface area (Å²) in [6.07, 6.45) is 9.65. The Labute approximate surface area is 256 Å². The summed E-state index contributed by atoms with van der Waals surface area (Å²) < 4.78 is 12.4. The van der Waals surface area contributed by atoms with Crippen LogP contribution in [-0.4, -0.2) is 94.2 Å². The number of amides is 3. The van der Waals surface area contributed by atoms with Crippen molar-refractivity contribution in [1.82, 2.24) is 15.1 Å². The van der Waals surface area contributed by atoms with Gasteiger partial charge in [0.25, 0.3) is 0 Å². The summed E-state index contributed by atoms with van der Waals surface area (Å²) in [6, 6.07) is -1.47. The first-order valence-electron chi connectivity index (χ1n) is 16.2. The smallest absolute Gasteiger partial charge is 0.312 e. The first kappa shape index (κ1) is 33.2. The molecule has 10 heteroatoms. The Bertz CT molecular complexity index is 1060. The lowest BCUT2D eigenvalue weighted by Crippen LogP contribution is -2.60. The monoisotopic (exact) mass is 601 g/mol. The molecule has 240 valence electrons. The lowest BCUT2D eigenvalue weighted by Gasteiger charge is -2.42. The second-order valence-electron chi connectivity index (χ2n) is 13.2. The average molecular weight is 602 g/mol. The van der Waals surface area contributed by atoms with Crippen LogP contribution in [0.15, 0.2) is 25.3 Å². The minimum atomic E-state index is -1.16. The molecule has 2 N–H and O–H groups in total. The Hall–Kier alpha value is -2.72. The molecule has 1 spiro atoms. The van der Waals surface area contributed by atoms with E-state index in [1.807, 2.05) is 18.7 Å². The van der Waals surface area contributed by atoms with Gasteiger partial charge in [-0.05, 0) is 51.4 Å². The summed E-state index contributed by atoms with van der Waals surface area (Å²) in [4.78, 5) is 58.2. The van der Waals surface area contributed by atoms with Gasteiger partial charge in [-0.15, -0.1) is 13.2 Å². The standard InChI is InChI=1S/C33H51N3O7/c1-6-8-14-26(38)34-19-22(5)42-32(41)27-25-15-16-33(43-25)28(27)30(39)36(24(20-37)18-21(3)4)29(33)31(40)35(17-7-2)23-12-10-9-11-13-23/h6-7,21-25,27-29,37H,1-2,8-20H2,3-5H3,(H,34,38)/t22-,24+,25-,27+,28+,29-,33+/m0/s1. The van der Waals surface area contributed by atoms with Crippen LogP contribution in [-0.2, 0) is 28.7 Å². The fraction of sp³-hybridized carbons (Fsp3) is 0.758. The van der Waals surface area contributed by atoms with Gasteiger partial charge in [-0.3, -0.25) is 19.2 Å². The number of nitrogens with one attached hydrogen (secondary N) is 1. The summed E-state index contributed by atoms with van der Waals surface area (Å²) in [6.45, 7) is 13.5. The summed E-state index contributed by atoms with van der Waals surface area (Å²) >= 11 is 0. The molecule has 3 amide bonds. The first-order chi connectivity index (χ1) is 20.6. The van der Waals surface area contributed by atoms with Gasteiger partial charge < -0.3 is 29.7 Å². The fourth-order valence-electron chi connectivity index (χ4n) is 7.86. The van der Waals surface area contributed by atoms with E-state index in [0.717, 1.165) is 32.1 Å². The Morgan fingerprint density at radius 1 is 1.16 bits per heavy atom. The number of hydrogen-bond donors (Lipinski definition) is 2. The Kier molecular flexibility index (Phi) is 11.1. The number of aliphatic hydroxyl groups excluding tert-OH is 1. The maximum Gasteiger partial charge on any atom is 0.312 e. The lowest BCUT2D eigenvalue weighted by atomic mass is 9.70. The predicted molar refractivity (Wildman–Crippen MR) is 162 cm³/mol. The molecule has 3 aliphatic heterocycles. The highest BCUT2D eigenvalue weighted by Gasteiger charge is 2.75. The molecule has 3 saturated heterocycles. The van der Waals surface area contributed by atoms with Crippen molar-refractivity contribution in [3.63, 3.8) is 0 Å². The molecule has 3 heterocycles. The lowest BCUT2D eigenvalue weighted by molar-refractivity contribution is -0.160. The van der Waals surface area contributed by atoms with Crippen molar-refractivity contribution >= 4 is 23.7 Å². The van der Waals surface area contributed by atoms with E-state index in [1.54, 1.807) is 24.0 Å². The number of nitrogens with zero attached hydrogens (tertiary/aromatic N) is 2. The van der Waals surface area contributed by atoms with Gasteiger partial charge in [-0.1, -0.05) is 45.3 Å². The fourth-order valence-corrected chi connectivity index (χ4v) is 7.86. The minimum absolute atomic E-state index is 0.0474. The molecule has 4 rings (SSSR count). The highest BCUT2D eigenvalue weighted by atomic mass is 16.6. The number of carbonyl (C=O) groups excluding carboxylic acids is 4. The molecule has 4 fully saturated rings. The summed E-state index contributed by atoms with van der Waals surface area (Å²) in [5.41, 5.74) is -1.16. The van der Waals surface area contributed by atoms with Crippen LogP contribution >= 0.6 is 0 Å². The highest BCUT2D eigenvalue weighted by Crippen LogP contribution is 2.59. The van der Waals surface area contributed by atoms with E-state index in [2.05, 4.69) is 18.5 Å². The van der Waals surface area contributed by atoms with E-state index in [4.69, 9.17) is 9.47 Å². The van der Waals surface area contributed by atoms with Crippen molar-refractivity contribution in [3.05, 3.63) is 25.3 Å². The topological polar surface area (TPSA) is 125 Å². The average Bonchev–Trinajstić information content (AvgIpc) is 3.63. The zero-order valence-corrected chi connectivity index (χ0v) is 26.2. The second-order valence-corrected chi connectivity index (χ2v) is 13.2. The number of likely N-dealkylation sites (tertiary alicyclic amines) is 1. The predicted octanol–water partition coefficient (Wildman–Crippen LogP) is 3.13. The van der Waals surface area contributed by atoms with Gasteiger partial charge >= 0.3 is 5.97 Å². The number of rotatable bonds is 15. The number of aliphatic hydroxyl groups is 1. The third-order valence-corrected chi connectivity index (χ3v) is 9.70. The molecular formula is C33H51N3O7. The molecule has 2 bridgehead atoms. The van der Waals surface area contributed by atoms with E-state index < -0.39 is 47.7 Å². The Balaban J connectivity index is 1.62. The van der Waals surface area contributed by atoms with Gasteiger partial charge in [0.2, 0.25) is 17.7 Å². The van der Waals surface area contributed by atoms with Gasteiger partial charge in [-0.25, -0.2) is 0 Å². The zero-order chi connectivity index (χ0) is 31.3. The van der Waals surface area contributed by atoms with E-state index >= 15 is 0 Å². The third kappa shape index (κ3) is 6.70. The van der Waals surface area contributed by atoms with Crippen molar-refractivity contribution in [2.24, 2.45) is 17.8 Å². The van der Waals surface area contributed by atoms with Gasteiger partial charge in [0.15, 0.2) is 0 Å². The minimum Gasteiger partial charge on any atom is -0.460 e. The van der Waals surface area contributed by atoms with Crippen molar-refractivity contribution in [2.45, 2.75) is 121 Å². The third-order valence-electron chi connectivity index (χ3n) is 9.70. The van der Waals surface area contributed by atoms with Crippen molar-refractivity contribution in [1.29, 1.82) is 0 Å².